The van der Waals surface area contributed by atoms with Crippen LogP contribution in [0, 0.1) is 5.92 Å². The summed E-state index contributed by atoms with van der Waals surface area (Å²) in [6.45, 7) is 5.33. The summed E-state index contributed by atoms with van der Waals surface area (Å²) in [6.07, 6.45) is 7.61. The van der Waals surface area contributed by atoms with Crippen LogP contribution in [0.15, 0.2) is 30.9 Å². The molecular formula is C15H21N5O. The second-order valence-electron chi connectivity index (χ2n) is 5.59. The third-order valence-corrected chi connectivity index (χ3v) is 3.98. The Bertz CT molecular complexity index is 570. The summed E-state index contributed by atoms with van der Waals surface area (Å²) in [5.41, 5.74) is 2.00. The van der Waals surface area contributed by atoms with Crippen LogP contribution in [0.5, 0.6) is 0 Å². The molecule has 0 spiro atoms. The van der Waals surface area contributed by atoms with Crippen LogP contribution in [-0.2, 0) is 19.5 Å². The van der Waals surface area contributed by atoms with Gasteiger partial charge in [0.05, 0.1) is 17.5 Å². The molecule has 0 amide bonds. The highest BCUT2D eigenvalue weighted by atomic mass is 16.3. The maximum atomic E-state index is 10.2. The van der Waals surface area contributed by atoms with E-state index in [-0.39, 0.29) is 12.0 Å². The topological polar surface area (TPSA) is 67.1 Å². The van der Waals surface area contributed by atoms with Gasteiger partial charge in [0, 0.05) is 56.9 Å². The van der Waals surface area contributed by atoms with Crippen molar-refractivity contribution in [2.24, 2.45) is 5.92 Å². The van der Waals surface area contributed by atoms with E-state index in [0.717, 1.165) is 37.4 Å². The molecule has 3 rings (SSSR count). The van der Waals surface area contributed by atoms with Gasteiger partial charge >= 0.3 is 0 Å². The fourth-order valence-electron chi connectivity index (χ4n) is 2.87. The summed E-state index contributed by atoms with van der Waals surface area (Å²) in [5.74, 6) is 0.218. The van der Waals surface area contributed by atoms with Crippen molar-refractivity contribution < 1.29 is 5.11 Å². The average molecular weight is 287 g/mol. The van der Waals surface area contributed by atoms with Crippen molar-refractivity contribution in [3.05, 3.63) is 42.2 Å². The molecule has 0 radical (unpaired) electrons. The Morgan fingerprint density at radius 1 is 1.29 bits per heavy atom. The third kappa shape index (κ3) is 3.46. The molecule has 21 heavy (non-hydrogen) atoms. The monoisotopic (exact) mass is 287 g/mol. The summed E-state index contributed by atoms with van der Waals surface area (Å²) in [5, 5.41) is 14.7. The first kappa shape index (κ1) is 14.2. The number of hydrogen-bond acceptors (Lipinski definition) is 5. The first-order chi connectivity index (χ1) is 10.2. The van der Waals surface area contributed by atoms with Crippen molar-refractivity contribution in [2.75, 3.05) is 13.1 Å². The Kier molecular flexibility index (Phi) is 4.26. The van der Waals surface area contributed by atoms with E-state index in [1.807, 2.05) is 16.9 Å². The molecule has 112 valence electrons. The van der Waals surface area contributed by atoms with Crippen LogP contribution in [0.25, 0.3) is 0 Å². The summed E-state index contributed by atoms with van der Waals surface area (Å²) in [6, 6.07) is 2.05. The van der Waals surface area contributed by atoms with E-state index < -0.39 is 0 Å². The van der Waals surface area contributed by atoms with Crippen LogP contribution in [0.4, 0.5) is 0 Å². The lowest BCUT2D eigenvalue weighted by Crippen LogP contribution is -2.21. The van der Waals surface area contributed by atoms with Gasteiger partial charge in [-0.1, -0.05) is 0 Å². The highest BCUT2D eigenvalue weighted by molar-refractivity contribution is 5.03. The van der Waals surface area contributed by atoms with Crippen molar-refractivity contribution in [1.29, 1.82) is 0 Å². The van der Waals surface area contributed by atoms with E-state index in [0.29, 0.717) is 6.54 Å². The fraction of sp³-hybridized carbons (Fsp3) is 0.533. The minimum absolute atomic E-state index is 0.218. The number of nitrogens with zero attached hydrogens (tertiary/aromatic N) is 5. The van der Waals surface area contributed by atoms with Gasteiger partial charge in [0.25, 0.3) is 0 Å². The summed E-state index contributed by atoms with van der Waals surface area (Å²) >= 11 is 0. The second-order valence-corrected chi connectivity index (χ2v) is 5.59. The molecule has 1 aliphatic heterocycles. The van der Waals surface area contributed by atoms with E-state index in [2.05, 4.69) is 26.9 Å². The first-order valence-corrected chi connectivity index (χ1v) is 7.42. The molecule has 1 fully saturated rings. The Balaban J connectivity index is 1.58. The molecule has 0 unspecified atom stereocenters. The molecule has 1 N–H and O–H groups in total. The van der Waals surface area contributed by atoms with Gasteiger partial charge in [0.15, 0.2) is 0 Å². The fourth-order valence-corrected chi connectivity index (χ4v) is 2.87. The lowest BCUT2D eigenvalue weighted by molar-refractivity contribution is 0.140. The van der Waals surface area contributed by atoms with Crippen molar-refractivity contribution >= 4 is 0 Å². The minimum Gasteiger partial charge on any atom is -0.391 e. The molecule has 0 bridgehead atoms. The van der Waals surface area contributed by atoms with Crippen molar-refractivity contribution in [2.45, 2.75) is 32.5 Å². The predicted molar refractivity (Wildman–Crippen MR) is 78.4 cm³/mol. The highest BCUT2D eigenvalue weighted by Crippen LogP contribution is 2.21. The normalized spacial score (nSPS) is 22.8. The van der Waals surface area contributed by atoms with Gasteiger partial charge in [-0.15, -0.1) is 0 Å². The number of β-amino-alcohol motifs (C(OH)–C–C–N with tert-alkyl or cyclic N) is 1. The number of aliphatic hydroxyl groups excluding tert-OH is 1. The van der Waals surface area contributed by atoms with Gasteiger partial charge in [-0.05, 0) is 19.4 Å². The van der Waals surface area contributed by atoms with Crippen LogP contribution in [0.3, 0.4) is 0 Å². The summed E-state index contributed by atoms with van der Waals surface area (Å²) in [4.78, 5) is 10.6. The van der Waals surface area contributed by atoms with E-state index in [9.17, 15) is 5.11 Å². The van der Waals surface area contributed by atoms with Gasteiger partial charge in [-0.2, -0.15) is 5.10 Å². The SMILES string of the molecule is CCn1ccc(CN2C[C@@H](Cc3cnccn3)[C@H](O)C2)n1. The quantitative estimate of drug-likeness (QED) is 0.878. The molecule has 1 aliphatic rings. The molecule has 6 nitrogen and oxygen atoms in total. The zero-order chi connectivity index (χ0) is 14.7. The number of hydrogen-bond donors (Lipinski definition) is 1. The number of aliphatic hydroxyl groups is 1. The van der Waals surface area contributed by atoms with Crippen LogP contribution in [0.1, 0.15) is 18.3 Å². The molecule has 2 aromatic heterocycles. The zero-order valence-corrected chi connectivity index (χ0v) is 12.3. The van der Waals surface area contributed by atoms with Crippen LogP contribution in [0.2, 0.25) is 0 Å². The minimum atomic E-state index is -0.305. The molecule has 3 heterocycles. The molecule has 1 saturated heterocycles. The standard InChI is InChI=1S/C15H21N5O/c1-2-20-6-3-13(18-20)10-19-9-12(15(21)11-19)7-14-8-16-4-5-17-14/h3-6,8,12,15,21H,2,7,9-11H2,1H3/t12-,15-/m1/s1. The smallest absolute Gasteiger partial charge is 0.0764 e. The first-order valence-electron chi connectivity index (χ1n) is 7.42. The maximum absolute atomic E-state index is 10.2. The molecule has 2 atom stereocenters. The van der Waals surface area contributed by atoms with E-state index in [4.69, 9.17) is 0 Å². The zero-order valence-electron chi connectivity index (χ0n) is 12.3. The predicted octanol–water partition coefficient (Wildman–Crippen LogP) is 0.728. The van der Waals surface area contributed by atoms with Gasteiger partial charge in [0.1, 0.15) is 0 Å². The van der Waals surface area contributed by atoms with Gasteiger partial charge in [-0.25, -0.2) is 0 Å². The van der Waals surface area contributed by atoms with E-state index in [1.54, 1.807) is 18.6 Å². The Morgan fingerprint density at radius 2 is 2.19 bits per heavy atom. The van der Waals surface area contributed by atoms with Crippen LogP contribution in [-0.4, -0.2) is 48.9 Å². The van der Waals surface area contributed by atoms with Gasteiger partial charge in [0.2, 0.25) is 0 Å². The Hall–Kier alpha value is -1.79. The van der Waals surface area contributed by atoms with Crippen molar-refractivity contribution in [3.63, 3.8) is 0 Å². The lowest BCUT2D eigenvalue weighted by atomic mass is 10.0. The average Bonchev–Trinajstić information content (AvgIpc) is 3.08. The summed E-state index contributed by atoms with van der Waals surface area (Å²) < 4.78 is 1.93. The number of likely N-dealkylation sites (tertiary alicyclic amines) is 1. The van der Waals surface area contributed by atoms with E-state index >= 15 is 0 Å². The molecule has 2 aromatic rings. The lowest BCUT2D eigenvalue weighted by Gasteiger charge is -2.13. The second kappa shape index (κ2) is 6.32. The largest absolute Gasteiger partial charge is 0.391 e. The van der Waals surface area contributed by atoms with Crippen LogP contribution >= 0.6 is 0 Å². The molecule has 6 heteroatoms. The maximum Gasteiger partial charge on any atom is 0.0764 e. The third-order valence-electron chi connectivity index (χ3n) is 3.98. The molecular weight excluding hydrogens is 266 g/mol. The van der Waals surface area contributed by atoms with Crippen molar-refractivity contribution in [3.8, 4) is 0 Å². The van der Waals surface area contributed by atoms with Gasteiger partial charge in [-0.3, -0.25) is 19.5 Å². The van der Waals surface area contributed by atoms with Gasteiger partial charge < -0.3 is 5.11 Å². The Labute approximate surface area is 124 Å². The molecule has 0 saturated carbocycles. The number of aromatic nitrogens is 4. The number of aryl methyl sites for hydroxylation is 1. The molecule has 0 aliphatic carbocycles. The van der Waals surface area contributed by atoms with E-state index in [1.165, 1.54) is 0 Å². The highest BCUT2D eigenvalue weighted by Gasteiger charge is 2.31. The van der Waals surface area contributed by atoms with Crippen molar-refractivity contribution in [1.82, 2.24) is 24.6 Å². The number of rotatable bonds is 5. The van der Waals surface area contributed by atoms with Crippen LogP contribution < -0.4 is 0 Å². The Morgan fingerprint density at radius 3 is 2.90 bits per heavy atom. The molecule has 0 aromatic carbocycles. The summed E-state index contributed by atoms with van der Waals surface area (Å²) in [7, 11) is 0.